The Labute approximate surface area is 177 Å². The number of ketones is 1. The van der Waals surface area contributed by atoms with Crippen molar-refractivity contribution in [2.45, 2.75) is 12.8 Å². The minimum atomic E-state index is -0.685. The van der Waals surface area contributed by atoms with Gasteiger partial charge in [-0.15, -0.1) is 0 Å². The fourth-order valence-corrected chi connectivity index (χ4v) is 5.51. The number of ether oxygens (including phenoxy) is 1. The van der Waals surface area contributed by atoms with Gasteiger partial charge in [0.25, 0.3) is 5.69 Å². The zero-order valence-corrected chi connectivity index (χ0v) is 16.5. The molecule has 9 nitrogen and oxygen atoms in total. The zero-order valence-electron chi connectivity index (χ0n) is 16.5. The number of hydrogen-bond donors (Lipinski definition) is 0. The van der Waals surface area contributed by atoms with E-state index in [4.69, 9.17) is 4.74 Å². The summed E-state index contributed by atoms with van der Waals surface area (Å²) in [7, 11) is 0. The van der Waals surface area contributed by atoms with Crippen LogP contribution in [0, 0.1) is 45.6 Å². The minimum absolute atomic E-state index is 0.0516. The molecule has 1 aromatic carbocycles. The highest BCUT2D eigenvalue weighted by molar-refractivity contribution is 6.06. The van der Waals surface area contributed by atoms with E-state index in [1.165, 1.54) is 29.2 Å². The van der Waals surface area contributed by atoms with Crippen molar-refractivity contribution < 1.29 is 28.8 Å². The molecule has 0 unspecified atom stereocenters. The van der Waals surface area contributed by atoms with Crippen LogP contribution in [0.1, 0.15) is 23.2 Å². The number of carbonyl (C=O) groups is 4. The van der Waals surface area contributed by atoms with Crippen molar-refractivity contribution in [3.05, 3.63) is 52.1 Å². The Morgan fingerprint density at radius 3 is 2.16 bits per heavy atom. The summed E-state index contributed by atoms with van der Waals surface area (Å²) >= 11 is 0. The minimum Gasteiger partial charge on any atom is -0.457 e. The lowest BCUT2D eigenvalue weighted by molar-refractivity contribution is -0.384. The number of likely N-dealkylation sites (tertiary alicyclic amines) is 1. The second-order valence-electron chi connectivity index (χ2n) is 8.62. The number of amides is 2. The van der Waals surface area contributed by atoms with Crippen LogP contribution in [0.4, 0.5) is 5.69 Å². The number of nitro groups is 1. The lowest BCUT2D eigenvalue weighted by atomic mass is 9.63. The van der Waals surface area contributed by atoms with Gasteiger partial charge in [-0.3, -0.25) is 34.2 Å². The van der Waals surface area contributed by atoms with E-state index >= 15 is 0 Å². The Hall–Kier alpha value is -3.36. The van der Waals surface area contributed by atoms with Crippen molar-refractivity contribution in [3.63, 3.8) is 0 Å². The predicted molar refractivity (Wildman–Crippen MR) is 104 cm³/mol. The number of Topliss-reactive ketones (excluding diaryl/α,β-unsaturated/α-hetero) is 1. The van der Waals surface area contributed by atoms with E-state index < -0.39 is 23.3 Å². The number of nitrogens with zero attached hydrogens (tertiary/aromatic N) is 2. The largest absolute Gasteiger partial charge is 0.457 e. The van der Waals surface area contributed by atoms with Gasteiger partial charge in [-0.05, 0) is 42.2 Å². The maximum Gasteiger partial charge on any atom is 0.308 e. The van der Waals surface area contributed by atoms with Gasteiger partial charge in [-0.2, -0.15) is 0 Å². The van der Waals surface area contributed by atoms with E-state index in [0.717, 1.165) is 6.42 Å². The van der Waals surface area contributed by atoms with Crippen molar-refractivity contribution in [1.82, 2.24) is 4.90 Å². The van der Waals surface area contributed by atoms with Crippen LogP contribution in [0.25, 0.3) is 0 Å². The maximum atomic E-state index is 12.9. The van der Waals surface area contributed by atoms with E-state index in [9.17, 15) is 29.3 Å². The van der Waals surface area contributed by atoms with Crippen molar-refractivity contribution in [3.8, 4) is 0 Å². The van der Waals surface area contributed by atoms with Gasteiger partial charge in [0.1, 0.15) is 0 Å². The summed E-state index contributed by atoms with van der Waals surface area (Å²) in [4.78, 5) is 61.2. The summed E-state index contributed by atoms with van der Waals surface area (Å²) in [6.07, 6.45) is 5.09. The molecule has 0 N–H and O–H groups in total. The molecule has 6 rings (SSSR count). The smallest absolute Gasteiger partial charge is 0.308 e. The summed E-state index contributed by atoms with van der Waals surface area (Å²) in [6.45, 7) is -0.564. The zero-order chi connectivity index (χ0) is 21.9. The average molecular weight is 424 g/mol. The molecule has 2 saturated carbocycles. The first-order valence-electron chi connectivity index (χ1n) is 10.3. The molecular formula is C22H20N2O7. The molecule has 3 fully saturated rings. The second-order valence-corrected chi connectivity index (χ2v) is 8.62. The summed E-state index contributed by atoms with van der Waals surface area (Å²) in [5.74, 6) is -0.882. The third-order valence-electron chi connectivity index (χ3n) is 7.06. The molecule has 2 amide bonds. The fourth-order valence-electron chi connectivity index (χ4n) is 5.51. The van der Waals surface area contributed by atoms with Crippen LogP contribution < -0.4 is 0 Å². The lowest BCUT2D eigenvalue weighted by Crippen LogP contribution is -2.40. The van der Waals surface area contributed by atoms with E-state index in [1.54, 1.807) is 0 Å². The van der Waals surface area contributed by atoms with E-state index in [0.29, 0.717) is 11.8 Å². The van der Waals surface area contributed by atoms with Gasteiger partial charge < -0.3 is 4.74 Å². The summed E-state index contributed by atoms with van der Waals surface area (Å²) in [5.41, 5.74) is 0.0453. The summed E-state index contributed by atoms with van der Waals surface area (Å²) in [5, 5.41) is 10.7. The van der Waals surface area contributed by atoms with E-state index in [-0.39, 0.29) is 59.7 Å². The molecule has 0 aromatic heterocycles. The first kappa shape index (κ1) is 19.6. The SMILES string of the molecule is O=C(CCN1C(=O)[C@@H]2[C@H]3C=C[C@@H]([C@@H]4C[C@@H]34)[C@@H]2C1=O)OCC(=O)c1ccc([N+](=O)[O-])cc1. The van der Waals surface area contributed by atoms with Crippen molar-refractivity contribution in [2.24, 2.45) is 35.5 Å². The molecule has 0 radical (unpaired) electrons. The van der Waals surface area contributed by atoms with Gasteiger partial charge in [0.05, 0.1) is 23.2 Å². The monoisotopic (exact) mass is 424 g/mol. The molecule has 1 saturated heterocycles. The summed E-state index contributed by atoms with van der Waals surface area (Å²) in [6, 6.07) is 4.99. The third kappa shape index (κ3) is 3.15. The number of imide groups is 1. The van der Waals surface area contributed by atoms with Crippen LogP contribution in [0.2, 0.25) is 0 Å². The molecule has 0 spiro atoms. The first-order valence-corrected chi connectivity index (χ1v) is 10.3. The molecule has 160 valence electrons. The Morgan fingerprint density at radius 1 is 1.03 bits per heavy atom. The average Bonchev–Trinajstić information content (AvgIpc) is 3.55. The maximum absolute atomic E-state index is 12.9. The van der Waals surface area contributed by atoms with Crippen molar-refractivity contribution in [1.29, 1.82) is 0 Å². The van der Waals surface area contributed by atoms with Crippen LogP contribution >= 0.6 is 0 Å². The number of hydrogen-bond acceptors (Lipinski definition) is 7. The highest BCUT2D eigenvalue weighted by atomic mass is 16.6. The third-order valence-corrected chi connectivity index (χ3v) is 7.06. The molecule has 9 heteroatoms. The van der Waals surface area contributed by atoms with E-state index in [2.05, 4.69) is 12.2 Å². The molecule has 6 atom stereocenters. The van der Waals surface area contributed by atoms with Gasteiger partial charge in [-0.25, -0.2) is 0 Å². The van der Waals surface area contributed by atoms with Gasteiger partial charge in [0.15, 0.2) is 12.4 Å². The van der Waals surface area contributed by atoms with Crippen LogP contribution in [-0.2, 0) is 19.1 Å². The van der Waals surface area contributed by atoms with Crippen LogP contribution in [0.5, 0.6) is 0 Å². The molecule has 5 aliphatic rings. The van der Waals surface area contributed by atoms with Gasteiger partial charge in [0, 0.05) is 24.2 Å². The second kappa shape index (κ2) is 7.11. The fraction of sp³-hybridized carbons (Fsp3) is 0.455. The van der Waals surface area contributed by atoms with Crippen LogP contribution in [0.15, 0.2) is 36.4 Å². The van der Waals surface area contributed by atoms with Gasteiger partial charge in [-0.1, -0.05) is 12.2 Å². The topological polar surface area (TPSA) is 124 Å². The van der Waals surface area contributed by atoms with Crippen LogP contribution in [-0.4, -0.2) is 46.5 Å². The summed E-state index contributed by atoms with van der Waals surface area (Å²) < 4.78 is 4.98. The number of allylic oxidation sites excluding steroid dienone is 2. The first-order chi connectivity index (χ1) is 14.9. The highest BCUT2D eigenvalue weighted by Crippen LogP contribution is 2.65. The molecule has 31 heavy (non-hydrogen) atoms. The van der Waals surface area contributed by atoms with Gasteiger partial charge >= 0.3 is 5.97 Å². The van der Waals surface area contributed by atoms with Crippen molar-refractivity contribution >= 4 is 29.3 Å². The standard InChI is InChI=1S/C22H20N2O7/c25-17(11-1-3-12(4-2-11)24(29)30)10-31-18(26)7-8-23-21(27)19-13-5-6-14(16-9-15(13)16)20(19)22(23)28/h1-6,13-16,19-20H,7-10H2/t13-,14-,15-,16-,19-,20+/m0/s1. The lowest BCUT2D eigenvalue weighted by Gasteiger charge is -2.37. The number of non-ortho nitro benzene ring substituents is 1. The molecule has 1 heterocycles. The molecule has 2 bridgehead atoms. The normalized spacial score (nSPS) is 31.9. The number of carbonyl (C=O) groups excluding carboxylic acids is 4. The number of nitro benzene ring substituents is 1. The molecule has 1 aromatic rings. The van der Waals surface area contributed by atoms with Crippen molar-refractivity contribution in [2.75, 3.05) is 13.2 Å². The molecule has 1 aliphatic heterocycles. The predicted octanol–water partition coefficient (Wildman–Crippen LogP) is 1.76. The number of rotatable bonds is 7. The van der Waals surface area contributed by atoms with Crippen LogP contribution in [0.3, 0.4) is 0 Å². The Bertz CT molecular complexity index is 995. The van der Waals surface area contributed by atoms with E-state index in [1.807, 2.05) is 0 Å². The molecular weight excluding hydrogens is 404 g/mol. The number of benzene rings is 1. The Morgan fingerprint density at radius 2 is 1.61 bits per heavy atom. The molecule has 4 aliphatic carbocycles. The highest BCUT2D eigenvalue weighted by Gasteiger charge is 2.66. The Balaban J connectivity index is 1.14. The number of esters is 1. The quantitative estimate of drug-likeness (QED) is 0.163. The Kier molecular flexibility index (Phi) is 4.49. The van der Waals surface area contributed by atoms with Gasteiger partial charge in [0.2, 0.25) is 11.8 Å².